The van der Waals surface area contributed by atoms with Crippen LogP contribution in [-0.4, -0.2) is 34.8 Å². The van der Waals surface area contributed by atoms with E-state index in [9.17, 15) is 4.79 Å². The van der Waals surface area contributed by atoms with Crippen molar-refractivity contribution in [1.82, 2.24) is 9.78 Å². The number of Topliss-reactive ketones (excluding diaryl/α,β-unsaturated/α-hetero) is 1. The molecular weight excluding hydrogens is 254 g/mol. The lowest BCUT2D eigenvalue weighted by atomic mass is 9.80. The Labute approximate surface area is 120 Å². The van der Waals surface area contributed by atoms with Crippen molar-refractivity contribution in [2.24, 2.45) is 11.1 Å². The highest BCUT2D eigenvalue weighted by molar-refractivity contribution is 5.87. The molecule has 5 heteroatoms. The summed E-state index contributed by atoms with van der Waals surface area (Å²) in [4.78, 5) is 12.5. The van der Waals surface area contributed by atoms with Crippen LogP contribution < -0.4 is 5.73 Å². The number of hydrogen-bond acceptors (Lipinski definition) is 4. The third-order valence-electron chi connectivity index (χ3n) is 4.48. The number of nitrogens with two attached hydrogens (primary N) is 1. The molecule has 1 aromatic rings. The molecule has 1 fully saturated rings. The number of ketones is 1. The van der Waals surface area contributed by atoms with Crippen molar-refractivity contribution in [3.8, 4) is 0 Å². The summed E-state index contributed by atoms with van der Waals surface area (Å²) in [5.74, 6) is 0.122. The maximum Gasteiger partial charge on any atom is 0.148 e. The van der Waals surface area contributed by atoms with Crippen LogP contribution in [-0.2, 0) is 16.0 Å². The van der Waals surface area contributed by atoms with Gasteiger partial charge in [-0.1, -0.05) is 13.8 Å². The molecule has 112 valence electrons. The summed E-state index contributed by atoms with van der Waals surface area (Å²) in [5, 5.41) is 4.53. The number of rotatable bonds is 6. The Kier molecular flexibility index (Phi) is 4.60. The largest absolute Gasteiger partial charge is 0.379 e. The molecule has 1 aliphatic rings. The van der Waals surface area contributed by atoms with Crippen LogP contribution in [0.5, 0.6) is 0 Å². The summed E-state index contributed by atoms with van der Waals surface area (Å²) in [6, 6.07) is 2.13. The first-order chi connectivity index (χ1) is 9.51. The van der Waals surface area contributed by atoms with Crippen LogP contribution in [0.25, 0.3) is 0 Å². The van der Waals surface area contributed by atoms with Gasteiger partial charge in [0.05, 0.1) is 36.8 Å². The highest BCUT2D eigenvalue weighted by Gasteiger charge is 2.43. The summed E-state index contributed by atoms with van der Waals surface area (Å²) >= 11 is 0. The molecule has 2 rings (SSSR count). The van der Waals surface area contributed by atoms with Gasteiger partial charge in [0, 0.05) is 12.2 Å². The number of carbonyl (C=O) groups is 1. The zero-order valence-corrected chi connectivity index (χ0v) is 12.6. The Bertz CT molecular complexity index is 467. The molecule has 0 aliphatic carbocycles. The number of carbonyl (C=O) groups excluding carboxylic acids is 1. The van der Waals surface area contributed by atoms with Gasteiger partial charge in [0.1, 0.15) is 5.78 Å². The second-order valence-corrected chi connectivity index (χ2v) is 5.90. The van der Waals surface area contributed by atoms with Crippen LogP contribution >= 0.6 is 0 Å². The van der Waals surface area contributed by atoms with Crippen LogP contribution in [0.2, 0.25) is 0 Å². The summed E-state index contributed by atoms with van der Waals surface area (Å²) < 4.78 is 7.31. The fourth-order valence-electron chi connectivity index (χ4n) is 2.68. The molecule has 0 bridgehead atoms. The van der Waals surface area contributed by atoms with E-state index >= 15 is 0 Å². The number of ether oxygens (including phenoxy) is 1. The van der Waals surface area contributed by atoms with Gasteiger partial charge in [-0.2, -0.15) is 5.10 Å². The Morgan fingerprint density at radius 3 is 2.85 bits per heavy atom. The summed E-state index contributed by atoms with van der Waals surface area (Å²) in [7, 11) is 0. The van der Waals surface area contributed by atoms with E-state index in [1.54, 1.807) is 0 Å². The van der Waals surface area contributed by atoms with E-state index < -0.39 is 5.41 Å². The van der Waals surface area contributed by atoms with Crippen molar-refractivity contribution in [2.75, 3.05) is 13.2 Å². The van der Waals surface area contributed by atoms with Crippen LogP contribution in [0.1, 0.15) is 45.3 Å². The molecule has 1 saturated heterocycles. The van der Waals surface area contributed by atoms with Crippen LogP contribution in [0.15, 0.2) is 12.3 Å². The molecule has 2 atom stereocenters. The van der Waals surface area contributed by atoms with E-state index in [-0.39, 0.29) is 11.8 Å². The lowest BCUT2D eigenvalue weighted by Crippen LogP contribution is -2.45. The van der Waals surface area contributed by atoms with E-state index in [4.69, 9.17) is 10.5 Å². The average Bonchev–Trinajstić information content (AvgIpc) is 3.00. The maximum atomic E-state index is 12.5. The molecule has 0 radical (unpaired) electrons. The van der Waals surface area contributed by atoms with E-state index in [0.29, 0.717) is 25.7 Å². The fourth-order valence-corrected chi connectivity index (χ4v) is 2.68. The normalized spacial score (nSPS) is 26.4. The maximum absolute atomic E-state index is 12.5. The zero-order valence-electron chi connectivity index (χ0n) is 12.6. The highest BCUT2D eigenvalue weighted by atomic mass is 16.5. The average molecular weight is 279 g/mol. The van der Waals surface area contributed by atoms with Crippen LogP contribution in [0.3, 0.4) is 0 Å². The molecule has 0 aromatic carbocycles. The van der Waals surface area contributed by atoms with Crippen molar-refractivity contribution >= 4 is 5.78 Å². The Morgan fingerprint density at radius 1 is 1.60 bits per heavy atom. The SMILES string of the molecule is CCC(CC)n1ccc(CC(=O)C2(C)COCC2N)n1. The first-order valence-electron chi connectivity index (χ1n) is 7.42. The summed E-state index contributed by atoms with van der Waals surface area (Å²) in [6.07, 6.45) is 4.39. The first kappa shape index (κ1) is 15.2. The molecular formula is C15H25N3O2. The third kappa shape index (κ3) is 2.79. The quantitative estimate of drug-likeness (QED) is 0.860. The lowest BCUT2D eigenvalue weighted by Gasteiger charge is -2.24. The topological polar surface area (TPSA) is 70.1 Å². The third-order valence-corrected chi connectivity index (χ3v) is 4.48. The summed E-state index contributed by atoms with van der Waals surface area (Å²) in [5.41, 5.74) is 6.24. The van der Waals surface area contributed by atoms with E-state index in [1.165, 1.54) is 0 Å². The van der Waals surface area contributed by atoms with Crippen molar-refractivity contribution < 1.29 is 9.53 Å². The number of aromatic nitrogens is 2. The zero-order chi connectivity index (χ0) is 14.8. The minimum Gasteiger partial charge on any atom is -0.379 e. The van der Waals surface area contributed by atoms with Crippen molar-refractivity contribution in [3.05, 3.63) is 18.0 Å². The lowest BCUT2D eigenvalue weighted by molar-refractivity contribution is -0.127. The van der Waals surface area contributed by atoms with Crippen LogP contribution in [0, 0.1) is 5.41 Å². The van der Waals surface area contributed by atoms with Crippen molar-refractivity contribution in [3.63, 3.8) is 0 Å². The molecule has 0 amide bonds. The molecule has 2 heterocycles. The Balaban J connectivity index is 2.05. The monoisotopic (exact) mass is 279 g/mol. The second-order valence-electron chi connectivity index (χ2n) is 5.90. The predicted molar refractivity (Wildman–Crippen MR) is 77.5 cm³/mol. The molecule has 20 heavy (non-hydrogen) atoms. The molecule has 2 N–H and O–H groups in total. The van der Waals surface area contributed by atoms with Gasteiger partial charge in [-0.25, -0.2) is 0 Å². The second kappa shape index (κ2) is 6.06. The van der Waals surface area contributed by atoms with Gasteiger partial charge in [-0.3, -0.25) is 9.48 Å². The molecule has 1 aromatic heterocycles. The predicted octanol–water partition coefficient (Wildman–Crippen LogP) is 1.72. The van der Waals surface area contributed by atoms with Gasteiger partial charge >= 0.3 is 0 Å². The highest BCUT2D eigenvalue weighted by Crippen LogP contribution is 2.29. The Hall–Kier alpha value is -1.20. The van der Waals surface area contributed by atoms with E-state index in [2.05, 4.69) is 18.9 Å². The molecule has 0 saturated carbocycles. The number of hydrogen-bond donors (Lipinski definition) is 1. The van der Waals surface area contributed by atoms with E-state index in [0.717, 1.165) is 18.5 Å². The van der Waals surface area contributed by atoms with Gasteiger partial charge < -0.3 is 10.5 Å². The molecule has 0 spiro atoms. The van der Waals surface area contributed by atoms with Gasteiger partial charge in [-0.05, 0) is 25.8 Å². The molecule has 1 aliphatic heterocycles. The van der Waals surface area contributed by atoms with E-state index in [1.807, 2.05) is 23.9 Å². The standard InChI is InChI=1S/C15H25N3O2/c1-4-12(5-2)18-7-6-11(17-18)8-14(19)15(3)10-20-9-13(15)16/h6-7,12-13H,4-5,8-10,16H2,1-3H3. The minimum absolute atomic E-state index is 0.122. The summed E-state index contributed by atoms with van der Waals surface area (Å²) in [6.45, 7) is 7.07. The van der Waals surface area contributed by atoms with Crippen LogP contribution in [0.4, 0.5) is 0 Å². The first-order valence-corrected chi connectivity index (χ1v) is 7.42. The van der Waals surface area contributed by atoms with Gasteiger partial charge in [0.2, 0.25) is 0 Å². The van der Waals surface area contributed by atoms with Crippen molar-refractivity contribution in [2.45, 2.75) is 52.1 Å². The minimum atomic E-state index is -0.571. The molecule has 5 nitrogen and oxygen atoms in total. The van der Waals surface area contributed by atoms with Gasteiger partial charge in [0.25, 0.3) is 0 Å². The number of nitrogens with zero attached hydrogens (tertiary/aromatic N) is 2. The fraction of sp³-hybridized carbons (Fsp3) is 0.733. The van der Waals surface area contributed by atoms with Gasteiger partial charge in [0.15, 0.2) is 0 Å². The Morgan fingerprint density at radius 2 is 2.30 bits per heavy atom. The smallest absolute Gasteiger partial charge is 0.148 e. The van der Waals surface area contributed by atoms with Gasteiger partial charge in [-0.15, -0.1) is 0 Å². The molecule has 2 unspecified atom stereocenters. The van der Waals surface area contributed by atoms with Crippen molar-refractivity contribution in [1.29, 1.82) is 0 Å².